The summed E-state index contributed by atoms with van der Waals surface area (Å²) in [7, 11) is 0. The smallest absolute Gasteiger partial charge is 0.146 e. The second kappa shape index (κ2) is 9.69. The minimum Gasteiger partial charge on any atom is -0.463 e. The van der Waals surface area contributed by atoms with Crippen LogP contribution in [-0.2, 0) is 0 Å². The molecule has 46 heavy (non-hydrogen) atoms. The molecular weight excluding hydrogens is 560 g/mol. The molecule has 0 aliphatic heterocycles. The predicted octanol–water partition coefficient (Wildman–Crippen LogP) is 12.8. The summed E-state index contributed by atoms with van der Waals surface area (Å²) in [5.74, 6) is 0. The van der Waals surface area contributed by atoms with Crippen LogP contribution in [0.3, 0.4) is 0 Å². The maximum atomic E-state index is 6.54. The Bertz CT molecular complexity index is 2740. The van der Waals surface area contributed by atoms with Gasteiger partial charge in [0.05, 0.1) is 11.6 Å². The van der Waals surface area contributed by atoms with Crippen LogP contribution in [0.2, 0.25) is 0 Å². The highest BCUT2D eigenvalue weighted by Gasteiger charge is 2.20. The molecule has 2 aromatic heterocycles. The van der Waals surface area contributed by atoms with Gasteiger partial charge in [-0.25, -0.2) is 0 Å². The number of benzene rings is 8. The number of hydrogen-bond acceptors (Lipinski definition) is 2. The van der Waals surface area contributed by atoms with Gasteiger partial charge in [0.15, 0.2) is 0 Å². The Morgan fingerprint density at radius 3 is 1.76 bits per heavy atom. The third-order valence-corrected chi connectivity index (χ3v) is 9.54. The van der Waals surface area contributed by atoms with Crippen molar-refractivity contribution in [1.82, 2.24) is 0 Å². The Morgan fingerprint density at radius 1 is 0.370 bits per heavy atom. The molecule has 0 N–H and O–H groups in total. The zero-order valence-electron chi connectivity index (χ0n) is 24.8. The molecule has 2 heteroatoms. The third-order valence-electron chi connectivity index (χ3n) is 9.54. The first-order valence-electron chi connectivity index (χ1n) is 15.7. The molecule has 0 aliphatic carbocycles. The fourth-order valence-electron chi connectivity index (χ4n) is 7.52. The Morgan fingerprint density at radius 2 is 1.00 bits per heavy atom. The predicted molar refractivity (Wildman–Crippen MR) is 192 cm³/mol. The first kappa shape index (κ1) is 25.2. The summed E-state index contributed by atoms with van der Waals surface area (Å²) in [6.07, 6.45) is 1.86. The second-order valence-corrected chi connectivity index (χ2v) is 12.0. The quantitative estimate of drug-likeness (QED) is 0.193. The van der Waals surface area contributed by atoms with Gasteiger partial charge < -0.3 is 8.83 Å². The first-order chi connectivity index (χ1) is 22.8. The summed E-state index contributed by atoms with van der Waals surface area (Å²) in [5.41, 5.74) is 9.63. The monoisotopic (exact) mass is 586 g/mol. The molecule has 2 nitrogen and oxygen atoms in total. The molecule has 0 atom stereocenters. The molecule has 8 aromatic carbocycles. The van der Waals surface area contributed by atoms with Crippen molar-refractivity contribution in [1.29, 1.82) is 0 Å². The van der Waals surface area contributed by atoms with Gasteiger partial charge in [-0.05, 0) is 84.4 Å². The lowest BCUT2D eigenvalue weighted by Crippen LogP contribution is -1.91. The molecule has 214 valence electrons. The molecule has 0 radical (unpaired) electrons. The van der Waals surface area contributed by atoms with E-state index in [0.29, 0.717) is 0 Å². The SMILES string of the molecule is c1ccc(-c2coc3c2ccc2oc4cc(-c5c6ccccc6c(-c6cccc7ccccc67)c6ccccc56)ccc4c23)cc1. The normalized spacial score (nSPS) is 11.9. The second-order valence-electron chi connectivity index (χ2n) is 12.0. The van der Waals surface area contributed by atoms with Crippen molar-refractivity contribution in [2.45, 2.75) is 0 Å². The minimum absolute atomic E-state index is 0.828. The van der Waals surface area contributed by atoms with Gasteiger partial charge in [-0.15, -0.1) is 0 Å². The summed E-state index contributed by atoms with van der Waals surface area (Å²) in [6, 6.07) is 54.1. The van der Waals surface area contributed by atoms with Gasteiger partial charge in [-0.3, -0.25) is 0 Å². The average Bonchev–Trinajstić information content (AvgIpc) is 3.72. The topological polar surface area (TPSA) is 26.3 Å². The van der Waals surface area contributed by atoms with Gasteiger partial charge in [-0.2, -0.15) is 0 Å². The van der Waals surface area contributed by atoms with Crippen molar-refractivity contribution in [3.63, 3.8) is 0 Å². The number of hydrogen-bond donors (Lipinski definition) is 0. The lowest BCUT2D eigenvalue weighted by atomic mass is 9.84. The molecule has 2 heterocycles. The summed E-state index contributed by atoms with van der Waals surface area (Å²) in [5, 5.41) is 10.6. The summed E-state index contributed by atoms with van der Waals surface area (Å²) in [6.45, 7) is 0. The summed E-state index contributed by atoms with van der Waals surface area (Å²) in [4.78, 5) is 0. The van der Waals surface area contributed by atoms with E-state index in [1.54, 1.807) is 0 Å². The van der Waals surface area contributed by atoms with Gasteiger partial charge in [0.1, 0.15) is 16.7 Å². The lowest BCUT2D eigenvalue weighted by Gasteiger charge is -2.18. The van der Waals surface area contributed by atoms with E-state index in [-0.39, 0.29) is 0 Å². The van der Waals surface area contributed by atoms with Crippen LogP contribution in [0.25, 0.3) is 98.6 Å². The van der Waals surface area contributed by atoms with E-state index in [0.717, 1.165) is 49.6 Å². The molecule has 0 amide bonds. The van der Waals surface area contributed by atoms with E-state index in [1.807, 2.05) is 12.3 Å². The standard InChI is InChI=1S/C44H26O2/c1-2-11-28(12-3-1)38-26-45-44-36(38)23-24-39-43(44)37-22-21-29(25-40(37)46-39)41-32-16-6-8-18-34(32)42(35-19-9-7-17-33(35)41)31-20-10-14-27-13-4-5-15-30(27)31/h1-26H. The van der Waals surface area contributed by atoms with Crippen molar-refractivity contribution in [3.8, 4) is 33.4 Å². The van der Waals surface area contributed by atoms with Crippen LogP contribution in [0.1, 0.15) is 0 Å². The van der Waals surface area contributed by atoms with E-state index in [4.69, 9.17) is 8.83 Å². The van der Waals surface area contributed by atoms with E-state index >= 15 is 0 Å². The van der Waals surface area contributed by atoms with E-state index in [1.165, 1.54) is 49.0 Å². The average molecular weight is 587 g/mol. The van der Waals surface area contributed by atoms with Crippen LogP contribution in [0.15, 0.2) is 167 Å². The van der Waals surface area contributed by atoms with E-state index in [2.05, 4.69) is 146 Å². The summed E-state index contributed by atoms with van der Waals surface area (Å²) >= 11 is 0. The molecule has 0 spiro atoms. The molecule has 0 unspecified atom stereocenters. The van der Waals surface area contributed by atoms with Crippen molar-refractivity contribution in [3.05, 3.63) is 158 Å². The molecule has 0 aliphatic rings. The maximum Gasteiger partial charge on any atom is 0.146 e. The lowest BCUT2D eigenvalue weighted by molar-refractivity contribution is 0.619. The third kappa shape index (κ3) is 3.59. The highest BCUT2D eigenvalue weighted by molar-refractivity contribution is 6.24. The first-order valence-corrected chi connectivity index (χ1v) is 15.7. The highest BCUT2D eigenvalue weighted by Crippen LogP contribution is 2.46. The van der Waals surface area contributed by atoms with Crippen molar-refractivity contribution < 1.29 is 8.83 Å². The number of fused-ring (bicyclic) bond motifs is 8. The Kier molecular flexibility index (Phi) is 5.31. The fourth-order valence-corrected chi connectivity index (χ4v) is 7.52. The molecule has 0 bridgehead atoms. The van der Waals surface area contributed by atoms with Crippen LogP contribution in [0.5, 0.6) is 0 Å². The van der Waals surface area contributed by atoms with Crippen molar-refractivity contribution in [2.75, 3.05) is 0 Å². The maximum absolute atomic E-state index is 6.54. The number of rotatable bonds is 3. The Balaban J connectivity index is 1.24. The van der Waals surface area contributed by atoms with Crippen LogP contribution >= 0.6 is 0 Å². The van der Waals surface area contributed by atoms with Crippen molar-refractivity contribution in [2.24, 2.45) is 0 Å². The van der Waals surface area contributed by atoms with Crippen molar-refractivity contribution >= 4 is 65.2 Å². The molecule has 10 aromatic rings. The zero-order valence-corrected chi connectivity index (χ0v) is 24.8. The minimum atomic E-state index is 0.828. The summed E-state index contributed by atoms with van der Waals surface area (Å²) < 4.78 is 12.8. The van der Waals surface area contributed by atoms with Crippen LogP contribution in [0.4, 0.5) is 0 Å². The Labute approximate surface area is 264 Å². The number of furan rings is 2. The highest BCUT2D eigenvalue weighted by atomic mass is 16.3. The van der Waals surface area contributed by atoms with Crippen LogP contribution in [-0.4, -0.2) is 0 Å². The molecule has 10 rings (SSSR count). The molecule has 0 fully saturated rings. The Hall–Kier alpha value is -6.12. The van der Waals surface area contributed by atoms with Gasteiger partial charge in [0, 0.05) is 16.3 Å². The van der Waals surface area contributed by atoms with E-state index in [9.17, 15) is 0 Å². The molecule has 0 saturated heterocycles. The van der Waals surface area contributed by atoms with Gasteiger partial charge in [-0.1, -0.05) is 127 Å². The van der Waals surface area contributed by atoms with Crippen LogP contribution in [0, 0.1) is 0 Å². The largest absolute Gasteiger partial charge is 0.463 e. The van der Waals surface area contributed by atoms with Gasteiger partial charge in [0.25, 0.3) is 0 Å². The van der Waals surface area contributed by atoms with Gasteiger partial charge >= 0.3 is 0 Å². The molecule has 0 saturated carbocycles. The molecular formula is C44H26O2. The van der Waals surface area contributed by atoms with E-state index < -0.39 is 0 Å². The van der Waals surface area contributed by atoms with Crippen LogP contribution < -0.4 is 0 Å². The zero-order chi connectivity index (χ0) is 30.2. The fraction of sp³-hybridized carbons (Fsp3) is 0. The van der Waals surface area contributed by atoms with Gasteiger partial charge in [0.2, 0.25) is 0 Å².